The van der Waals surface area contributed by atoms with E-state index >= 15 is 0 Å². The number of hydrogen-bond donors (Lipinski definition) is 0. The van der Waals surface area contributed by atoms with Crippen LogP contribution in [0.2, 0.25) is 0 Å². The molecular formula is C52H42N2. The zero-order chi connectivity index (χ0) is 36.6. The van der Waals surface area contributed by atoms with Gasteiger partial charge in [0.15, 0.2) is 0 Å². The molecule has 2 heteroatoms. The lowest BCUT2D eigenvalue weighted by atomic mass is 9.77. The molecule has 7 aromatic rings. The second-order valence-electron chi connectivity index (χ2n) is 15.7. The summed E-state index contributed by atoms with van der Waals surface area (Å²) in [6, 6.07) is 49.1. The van der Waals surface area contributed by atoms with Gasteiger partial charge in [0.2, 0.25) is 0 Å². The van der Waals surface area contributed by atoms with E-state index in [-0.39, 0.29) is 10.8 Å². The topological polar surface area (TPSA) is 8.17 Å². The highest BCUT2D eigenvalue weighted by molar-refractivity contribution is 6.15. The zero-order valence-electron chi connectivity index (χ0n) is 31.1. The average molecular weight is 695 g/mol. The van der Waals surface area contributed by atoms with Gasteiger partial charge in [-0.05, 0) is 112 Å². The van der Waals surface area contributed by atoms with Crippen LogP contribution in [0, 0.1) is 0 Å². The minimum Gasteiger partial charge on any atom is -0.317 e. The monoisotopic (exact) mass is 694 g/mol. The van der Waals surface area contributed by atoms with Crippen LogP contribution in [0.25, 0.3) is 49.8 Å². The molecule has 3 aliphatic rings. The van der Waals surface area contributed by atoms with Crippen molar-refractivity contribution >= 4 is 44.3 Å². The fourth-order valence-electron chi connectivity index (χ4n) is 9.27. The highest BCUT2D eigenvalue weighted by atomic mass is 15.1. The van der Waals surface area contributed by atoms with Crippen LogP contribution in [0.4, 0.5) is 11.4 Å². The zero-order valence-corrected chi connectivity index (χ0v) is 31.1. The SMILES string of the molecule is C=C1/C=C(c2ccc3c(c2)c2c4c(ccc2n3-c2ccc(C3(C)C=CC=CC3)cc2)-c2ccccc2C4(C)C)\C=C/N(c2ccccc2)c2ccccc21. The Labute approximate surface area is 318 Å². The molecule has 0 fully saturated rings. The number of para-hydroxylation sites is 2. The minimum absolute atomic E-state index is 0.000922. The number of fused-ring (bicyclic) bond motifs is 8. The molecule has 2 aliphatic carbocycles. The molecule has 0 radical (unpaired) electrons. The standard InChI is InChI=1S/C52H42N2/c1-35-33-37(29-32-53(39-15-7-5-8-16-39)46-20-12-10-17-41(35)46)36-21-27-47-44(34-36)49-48(28-26-43-42-18-9-11-19-45(42)51(2,3)50(43)49)54(47)40-24-22-38(23-25-40)52(4)30-13-6-14-31-52/h5-30,32-34H,1,31H2,2-4H3/b32-29-,37-33+. The van der Waals surface area contributed by atoms with Crippen LogP contribution in [-0.4, -0.2) is 4.57 Å². The maximum absolute atomic E-state index is 4.60. The van der Waals surface area contributed by atoms with E-state index in [9.17, 15) is 0 Å². The van der Waals surface area contributed by atoms with Gasteiger partial charge in [0.25, 0.3) is 0 Å². The van der Waals surface area contributed by atoms with E-state index in [1.807, 2.05) is 0 Å². The lowest BCUT2D eigenvalue weighted by Crippen LogP contribution is -2.19. The van der Waals surface area contributed by atoms with E-state index in [0.29, 0.717) is 0 Å². The van der Waals surface area contributed by atoms with Crippen molar-refractivity contribution in [2.75, 3.05) is 4.90 Å². The van der Waals surface area contributed by atoms with Gasteiger partial charge in [-0.2, -0.15) is 0 Å². The molecule has 1 unspecified atom stereocenters. The van der Waals surface area contributed by atoms with Crippen molar-refractivity contribution in [2.24, 2.45) is 0 Å². The molecule has 2 heterocycles. The van der Waals surface area contributed by atoms with E-state index < -0.39 is 0 Å². The third kappa shape index (κ3) is 4.87. The molecule has 0 N–H and O–H groups in total. The van der Waals surface area contributed by atoms with Crippen LogP contribution in [-0.2, 0) is 10.8 Å². The van der Waals surface area contributed by atoms with Crippen molar-refractivity contribution in [1.29, 1.82) is 0 Å². The summed E-state index contributed by atoms with van der Waals surface area (Å²) in [5.41, 5.74) is 16.9. The van der Waals surface area contributed by atoms with E-state index in [1.165, 1.54) is 55.3 Å². The smallest absolute Gasteiger partial charge is 0.0544 e. The first-order valence-electron chi connectivity index (χ1n) is 19.0. The summed E-state index contributed by atoms with van der Waals surface area (Å²) < 4.78 is 2.48. The predicted molar refractivity (Wildman–Crippen MR) is 230 cm³/mol. The van der Waals surface area contributed by atoms with E-state index in [1.54, 1.807) is 0 Å². The second-order valence-corrected chi connectivity index (χ2v) is 15.7. The molecule has 0 saturated carbocycles. The maximum Gasteiger partial charge on any atom is 0.0544 e. The molecule has 0 bridgehead atoms. The van der Waals surface area contributed by atoms with Crippen LogP contribution in [0.15, 0.2) is 183 Å². The van der Waals surface area contributed by atoms with E-state index in [0.717, 1.165) is 40.1 Å². The Morgan fingerprint density at radius 2 is 1.39 bits per heavy atom. The number of nitrogens with zero attached hydrogens (tertiary/aromatic N) is 2. The Morgan fingerprint density at radius 1 is 0.648 bits per heavy atom. The molecule has 0 amide bonds. The van der Waals surface area contributed by atoms with Crippen molar-refractivity contribution in [2.45, 2.75) is 38.0 Å². The fourth-order valence-corrected chi connectivity index (χ4v) is 9.27. The first-order valence-corrected chi connectivity index (χ1v) is 19.0. The summed E-state index contributed by atoms with van der Waals surface area (Å²) in [6.45, 7) is 11.7. The van der Waals surface area contributed by atoms with Gasteiger partial charge in [0.05, 0.1) is 16.7 Å². The van der Waals surface area contributed by atoms with E-state index in [4.69, 9.17) is 0 Å². The molecule has 1 atom stereocenters. The first-order chi connectivity index (χ1) is 26.3. The molecule has 10 rings (SSSR count). The Bertz CT molecular complexity index is 2780. The quantitative estimate of drug-likeness (QED) is 0.178. The van der Waals surface area contributed by atoms with Crippen LogP contribution in [0.3, 0.4) is 0 Å². The van der Waals surface area contributed by atoms with E-state index in [2.05, 4.69) is 213 Å². The molecule has 0 spiro atoms. The summed E-state index contributed by atoms with van der Waals surface area (Å²) in [4.78, 5) is 2.27. The van der Waals surface area contributed by atoms with Crippen molar-refractivity contribution in [3.63, 3.8) is 0 Å². The summed E-state index contributed by atoms with van der Waals surface area (Å²) in [7, 11) is 0. The minimum atomic E-state index is -0.159. The van der Waals surface area contributed by atoms with Gasteiger partial charge >= 0.3 is 0 Å². The summed E-state index contributed by atoms with van der Waals surface area (Å²) in [5.74, 6) is 0. The number of allylic oxidation sites excluding steroid dienone is 8. The molecule has 1 aromatic heterocycles. The Balaban J connectivity index is 1.19. The Hall–Kier alpha value is -6.38. The van der Waals surface area contributed by atoms with Gasteiger partial charge < -0.3 is 9.47 Å². The van der Waals surface area contributed by atoms with Crippen molar-refractivity contribution in [3.8, 4) is 16.8 Å². The largest absolute Gasteiger partial charge is 0.317 e. The average Bonchev–Trinajstić information content (AvgIpc) is 3.65. The number of benzene rings is 6. The molecule has 2 nitrogen and oxygen atoms in total. The van der Waals surface area contributed by atoms with Crippen molar-refractivity contribution in [1.82, 2.24) is 4.57 Å². The second kappa shape index (κ2) is 12.1. The van der Waals surface area contributed by atoms with Crippen LogP contribution in [0.1, 0.15) is 55.0 Å². The predicted octanol–water partition coefficient (Wildman–Crippen LogP) is 13.6. The van der Waals surface area contributed by atoms with Gasteiger partial charge in [-0.3, -0.25) is 0 Å². The molecule has 54 heavy (non-hydrogen) atoms. The summed E-state index contributed by atoms with van der Waals surface area (Å²) in [6.07, 6.45) is 16.6. The number of anilines is 2. The van der Waals surface area contributed by atoms with Gasteiger partial charge in [-0.25, -0.2) is 0 Å². The van der Waals surface area contributed by atoms with Gasteiger partial charge in [-0.1, -0.05) is 137 Å². The highest BCUT2D eigenvalue weighted by Crippen LogP contribution is 2.53. The number of rotatable bonds is 4. The van der Waals surface area contributed by atoms with Crippen molar-refractivity contribution < 1.29 is 0 Å². The highest BCUT2D eigenvalue weighted by Gasteiger charge is 2.38. The van der Waals surface area contributed by atoms with Gasteiger partial charge in [0.1, 0.15) is 0 Å². The fraction of sp³-hybridized carbons (Fsp3) is 0.115. The number of hydrogen-bond acceptors (Lipinski definition) is 1. The van der Waals surface area contributed by atoms with Crippen LogP contribution < -0.4 is 4.90 Å². The van der Waals surface area contributed by atoms with Gasteiger partial charge in [-0.15, -0.1) is 0 Å². The third-order valence-electron chi connectivity index (χ3n) is 12.1. The Kier molecular flexibility index (Phi) is 7.22. The van der Waals surface area contributed by atoms with Crippen molar-refractivity contribution in [3.05, 3.63) is 211 Å². The first kappa shape index (κ1) is 32.3. The summed E-state index contributed by atoms with van der Waals surface area (Å²) >= 11 is 0. The lowest BCUT2D eigenvalue weighted by molar-refractivity contribution is 0.600. The third-order valence-corrected chi connectivity index (χ3v) is 12.1. The summed E-state index contributed by atoms with van der Waals surface area (Å²) in [5, 5.41) is 2.59. The molecular weight excluding hydrogens is 653 g/mol. The maximum atomic E-state index is 4.60. The normalized spacial score (nSPS) is 19.9. The van der Waals surface area contributed by atoms with Crippen LogP contribution in [0.5, 0.6) is 0 Å². The van der Waals surface area contributed by atoms with Crippen LogP contribution >= 0.6 is 0 Å². The molecule has 0 saturated heterocycles. The van der Waals surface area contributed by atoms with Gasteiger partial charge in [0, 0.05) is 44.7 Å². The molecule has 260 valence electrons. The lowest BCUT2D eigenvalue weighted by Gasteiger charge is -2.27. The molecule has 6 aromatic carbocycles. The molecule has 1 aliphatic heterocycles. The number of aromatic nitrogens is 1. The Morgan fingerprint density at radius 3 is 2.19 bits per heavy atom.